The molecule has 2 rings (SSSR count). The van der Waals surface area contributed by atoms with E-state index < -0.39 is 11.5 Å². The van der Waals surface area contributed by atoms with Gasteiger partial charge in [0.1, 0.15) is 5.54 Å². The molecular weight excluding hydrogens is 258 g/mol. The lowest BCUT2D eigenvalue weighted by molar-refractivity contribution is -0.148. The van der Waals surface area contributed by atoms with Crippen LogP contribution in [0.3, 0.4) is 0 Å². The van der Waals surface area contributed by atoms with Crippen LogP contribution in [0.1, 0.15) is 39.0 Å². The molecule has 2 unspecified atom stereocenters. The monoisotopic (exact) mass is 283 g/mol. The summed E-state index contributed by atoms with van der Waals surface area (Å²) in [4.78, 5) is 27.8. The van der Waals surface area contributed by atoms with Gasteiger partial charge in [-0.1, -0.05) is 13.3 Å². The van der Waals surface area contributed by atoms with E-state index >= 15 is 0 Å². The maximum Gasteiger partial charge on any atom is 0.329 e. The van der Waals surface area contributed by atoms with Gasteiger partial charge >= 0.3 is 12.0 Å². The number of likely N-dealkylation sites (tertiary alicyclic amines) is 2. The third-order valence-electron chi connectivity index (χ3n) is 4.51. The first kappa shape index (κ1) is 15.1. The summed E-state index contributed by atoms with van der Waals surface area (Å²) in [7, 11) is 2.03. The summed E-state index contributed by atoms with van der Waals surface area (Å²) in [5.74, 6) is -0.865. The van der Waals surface area contributed by atoms with E-state index in [1.165, 1.54) is 0 Å². The Hall–Kier alpha value is -1.30. The van der Waals surface area contributed by atoms with Gasteiger partial charge in [-0.3, -0.25) is 0 Å². The van der Waals surface area contributed by atoms with Gasteiger partial charge in [0.2, 0.25) is 0 Å². The molecule has 2 saturated heterocycles. The van der Waals surface area contributed by atoms with Crippen LogP contribution in [-0.2, 0) is 4.79 Å². The number of carboxylic acids is 1. The minimum atomic E-state index is -0.997. The number of amides is 2. The zero-order chi connectivity index (χ0) is 14.8. The van der Waals surface area contributed by atoms with E-state index in [9.17, 15) is 14.7 Å². The van der Waals surface area contributed by atoms with Crippen molar-refractivity contribution in [3.63, 3.8) is 0 Å². The molecule has 6 heteroatoms. The highest BCUT2D eigenvalue weighted by molar-refractivity contribution is 5.87. The number of nitrogens with one attached hydrogen (secondary N) is 1. The third kappa shape index (κ3) is 2.75. The summed E-state index contributed by atoms with van der Waals surface area (Å²) < 4.78 is 0. The van der Waals surface area contributed by atoms with E-state index in [2.05, 4.69) is 10.2 Å². The quantitative estimate of drug-likeness (QED) is 0.811. The Morgan fingerprint density at radius 1 is 1.40 bits per heavy atom. The van der Waals surface area contributed by atoms with Gasteiger partial charge in [0.15, 0.2) is 0 Å². The van der Waals surface area contributed by atoms with Crippen LogP contribution in [-0.4, -0.2) is 65.2 Å². The third-order valence-corrected chi connectivity index (χ3v) is 4.51. The number of carboxylic acid groups (broad SMARTS) is 1. The number of nitrogens with zero attached hydrogens (tertiary/aromatic N) is 2. The van der Waals surface area contributed by atoms with Gasteiger partial charge in [0.25, 0.3) is 0 Å². The van der Waals surface area contributed by atoms with Gasteiger partial charge in [0, 0.05) is 19.1 Å². The zero-order valence-electron chi connectivity index (χ0n) is 12.4. The smallest absolute Gasteiger partial charge is 0.329 e. The predicted octanol–water partition coefficient (Wildman–Crippen LogP) is 1.12. The Labute approximate surface area is 120 Å². The molecule has 0 aromatic carbocycles. The van der Waals surface area contributed by atoms with Crippen molar-refractivity contribution in [3.8, 4) is 0 Å². The highest BCUT2D eigenvalue weighted by Gasteiger charge is 2.49. The normalized spacial score (nSPS) is 30.7. The summed E-state index contributed by atoms with van der Waals surface area (Å²) in [6.07, 6.45) is 3.56. The number of carbonyl (C=O) groups excluding carboxylic acids is 1. The molecule has 0 aliphatic carbocycles. The van der Waals surface area contributed by atoms with E-state index in [0.717, 1.165) is 32.4 Å². The lowest BCUT2D eigenvalue weighted by Crippen LogP contribution is -2.57. The number of carbonyl (C=O) groups is 2. The minimum absolute atomic E-state index is 0.140. The zero-order valence-corrected chi connectivity index (χ0v) is 12.4. The summed E-state index contributed by atoms with van der Waals surface area (Å²) >= 11 is 0. The standard InChI is InChI=1S/C14H25N3O3/c1-3-6-14(12(18)19)7-4-8-17(14)13(20)15-11-5-9-16(2)10-11/h11H,3-10H2,1-2H3,(H,15,20)(H,18,19). The molecule has 2 heterocycles. The van der Waals surface area contributed by atoms with Crippen LogP contribution in [0.5, 0.6) is 0 Å². The van der Waals surface area contributed by atoms with Crippen LogP contribution in [0.15, 0.2) is 0 Å². The summed E-state index contributed by atoms with van der Waals surface area (Å²) in [6.45, 7) is 4.32. The Bertz CT molecular complexity index is 388. The van der Waals surface area contributed by atoms with Gasteiger partial charge in [-0.2, -0.15) is 0 Å². The topological polar surface area (TPSA) is 72.9 Å². The van der Waals surface area contributed by atoms with E-state index in [1.807, 2.05) is 14.0 Å². The molecule has 2 aliphatic rings. The minimum Gasteiger partial charge on any atom is -0.479 e. The molecule has 114 valence electrons. The second kappa shape index (κ2) is 5.99. The lowest BCUT2D eigenvalue weighted by atomic mass is 9.91. The van der Waals surface area contributed by atoms with Gasteiger partial charge in [-0.05, 0) is 39.3 Å². The molecule has 0 saturated carbocycles. The molecule has 0 aromatic rings. The van der Waals surface area contributed by atoms with E-state index in [4.69, 9.17) is 0 Å². The molecular formula is C14H25N3O3. The fourth-order valence-electron chi connectivity index (χ4n) is 3.48. The highest BCUT2D eigenvalue weighted by atomic mass is 16.4. The number of hydrogen-bond donors (Lipinski definition) is 2. The molecule has 0 spiro atoms. The Morgan fingerprint density at radius 3 is 2.70 bits per heavy atom. The summed E-state index contributed by atoms with van der Waals surface area (Å²) in [5, 5.41) is 12.6. The SMILES string of the molecule is CCCC1(C(=O)O)CCCN1C(=O)NC1CCN(C)C1. The molecule has 2 amide bonds. The number of rotatable bonds is 4. The maximum absolute atomic E-state index is 12.4. The van der Waals surface area contributed by atoms with Crippen molar-refractivity contribution in [2.24, 2.45) is 0 Å². The van der Waals surface area contributed by atoms with Crippen LogP contribution >= 0.6 is 0 Å². The Morgan fingerprint density at radius 2 is 2.15 bits per heavy atom. The number of likely N-dealkylation sites (N-methyl/N-ethyl adjacent to an activating group) is 1. The second-order valence-corrected chi connectivity index (χ2v) is 6.04. The summed E-state index contributed by atoms with van der Waals surface area (Å²) in [5.41, 5.74) is -0.997. The largest absolute Gasteiger partial charge is 0.479 e. The Kier molecular flexibility index (Phi) is 4.52. The second-order valence-electron chi connectivity index (χ2n) is 6.04. The molecule has 2 aliphatic heterocycles. The van der Waals surface area contributed by atoms with Gasteiger partial charge in [-0.25, -0.2) is 9.59 Å². The first-order valence-corrected chi connectivity index (χ1v) is 7.49. The van der Waals surface area contributed by atoms with Crippen molar-refractivity contribution >= 4 is 12.0 Å². The molecule has 20 heavy (non-hydrogen) atoms. The van der Waals surface area contributed by atoms with Crippen molar-refractivity contribution in [3.05, 3.63) is 0 Å². The molecule has 0 bridgehead atoms. The fourth-order valence-corrected chi connectivity index (χ4v) is 3.48. The molecule has 2 N–H and O–H groups in total. The van der Waals surface area contributed by atoms with E-state index in [0.29, 0.717) is 19.4 Å². The Balaban J connectivity index is 2.05. The lowest BCUT2D eigenvalue weighted by Gasteiger charge is -2.35. The average molecular weight is 283 g/mol. The van der Waals surface area contributed by atoms with Crippen molar-refractivity contribution in [1.29, 1.82) is 0 Å². The van der Waals surface area contributed by atoms with Crippen LogP contribution in [0, 0.1) is 0 Å². The van der Waals surface area contributed by atoms with Crippen LogP contribution < -0.4 is 5.32 Å². The fraction of sp³-hybridized carbons (Fsp3) is 0.857. The molecule has 0 aromatic heterocycles. The highest BCUT2D eigenvalue weighted by Crippen LogP contribution is 2.34. The number of aliphatic carboxylic acids is 1. The van der Waals surface area contributed by atoms with Crippen LogP contribution in [0.2, 0.25) is 0 Å². The molecule has 2 atom stereocenters. The number of hydrogen-bond acceptors (Lipinski definition) is 3. The van der Waals surface area contributed by atoms with Gasteiger partial charge < -0.3 is 20.2 Å². The van der Waals surface area contributed by atoms with Crippen molar-refractivity contribution in [2.45, 2.75) is 50.6 Å². The van der Waals surface area contributed by atoms with Crippen LogP contribution in [0.25, 0.3) is 0 Å². The molecule has 6 nitrogen and oxygen atoms in total. The first-order valence-electron chi connectivity index (χ1n) is 7.49. The molecule has 0 radical (unpaired) electrons. The van der Waals surface area contributed by atoms with Crippen molar-refractivity contribution < 1.29 is 14.7 Å². The molecule has 2 fully saturated rings. The van der Waals surface area contributed by atoms with Gasteiger partial charge in [0.05, 0.1) is 0 Å². The van der Waals surface area contributed by atoms with Gasteiger partial charge in [-0.15, -0.1) is 0 Å². The average Bonchev–Trinajstić information content (AvgIpc) is 2.97. The summed E-state index contributed by atoms with van der Waals surface area (Å²) in [6, 6.07) is -0.0696. The number of urea groups is 1. The first-order chi connectivity index (χ1) is 9.49. The van der Waals surface area contributed by atoms with Crippen LogP contribution in [0.4, 0.5) is 4.79 Å². The maximum atomic E-state index is 12.4. The predicted molar refractivity (Wildman–Crippen MR) is 75.6 cm³/mol. The van der Waals surface area contributed by atoms with Crippen molar-refractivity contribution in [2.75, 3.05) is 26.7 Å². The van der Waals surface area contributed by atoms with E-state index in [1.54, 1.807) is 4.90 Å². The van der Waals surface area contributed by atoms with Crippen molar-refractivity contribution in [1.82, 2.24) is 15.1 Å². The van der Waals surface area contributed by atoms with E-state index in [-0.39, 0.29) is 12.1 Å².